The number of H-pyrrole nitrogens is 1. The van der Waals surface area contributed by atoms with Crippen LogP contribution in [0.15, 0.2) is 42.9 Å². The van der Waals surface area contributed by atoms with E-state index in [-0.39, 0.29) is 5.91 Å². The van der Waals surface area contributed by atoms with Gasteiger partial charge in [0.1, 0.15) is 5.82 Å². The normalized spacial score (nSPS) is 10.8. The Hall–Kier alpha value is -2.34. The van der Waals surface area contributed by atoms with Crippen LogP contribution in [0.25, 0.3) is 11.0 Å². The standard InChI is InChI=1S/C16H16N4OS/c1-2-22-9-11-5-6-17-15(7-11)20-16(21)12-3-4-13-14(8-12)19-10-18-13/h3-8,10H,2,9H2,1H3,(H,18,19)(H,17,20,21). The van der Waals surface area contributed by atoms with Crippen molar-refractivity contribution in [2.45, 2.75) is 12.7 Å². The number of nitrogens with zero attached hydrogens (tertiary/aromatic N) is 2. The first-order valence-electron chi connectivity index (χ1n) is 7.03. The van der Waals surface area contributed by atoms with Gasteiger partial charge in [0.15, 0.2) is 0 Å². The average Bonchev–Trinajstić information content (AvgIpc) is 3.00. The highest BCUT2D eigenvalue weighted by atomic mass is 32.2. The Labute approximate surface area is 132 Å². The van der Waals surface area contributed by atoms with Crippen molar-refractivity contribution in [3.8, 4) is 0 Å². The maximum Gasteiger partial charge on any atom is 0.256 e. The molecule has 0 saturated carbocycles. The fourth-order valence-electron chi connectivity index (χ4n) is 2.12. The van der Waals surface area contributed by atoms with Crippen molar-refractivity contribution in [3.05, 3.63) is 54.0 Å². The van der Waals surface area contributed by atoms with E-state index in [1.54, 1.807) is 24.7 Å². The Morgan fingerprint density at radius 2 is 2.18 bits per heavy atom. The SMILES string of the molecule is CCSCc1ccnc(NC(=O)c2ccc3nc[nH]c3c2)c1. The van der Waals surface area contributed by atoms with Crippen LogP contribution in [0.2, 0.25) is 0 Å². The predicted molar refractivity (Wildman–Crippen MR) is 90.1 cm³/mol. The monoisotopic (exact) mass is 312 g/mol. The maximum atomic E-state index is 12.3. The lowest BCUT2D eigenvalue weighted by Gasteiger charge is -2.06. The number of aromatic nitrogens is 3. The molecule has 112 valence electrons. The van der Waals surface area contributed by atoms with Crippen LogP contribution in [0.4, 0.5) is 5.82 Å². The third-order valence-corrected chi connectivity index (χ3v) is 4.17. The first-order chi connectivity index (χ1) is 10.8. The van der Waals surface area contributed by atoms with Gasteiger partial charge >= 0.3 is 0 Å². The molecule has 22 heavy (non-hydrogen) atoms. The molecule has 2 heterocycles. The molecule has 0 bridgehead atoms. The molecule has 1 amide bonds. The molecule has 0 atom stereocenters. The topological polar surface area (TPSA) is 70.7 Å². The Bertz CT molecular complexity index is 799. The molecule has 5 nitrogen and oxygen atoms in total. The van der Waals surface area contributed by atoms with Gasteiger partial charge < -0.3 is 10.3 Å². The van der Waals surface area contributed by atoms with Crippen LogP contribution in [0.5, 0.6) is 0 Å². The number of aromatic amines is 1. The first kappa shape index (κ1) is 14.6. The number of anilines is 1. The molecule has 0 spiro atoms. The lowest BCUT2D eigenvalue weighted by molar-refractivity contribution is 0.102. The number of carbonyl (C=O) groups excluding carboxylic acids is 1. The molecule has 0 radical (unpaired) electrons. The van der Waals surface area contributed by atoms with Gasteiger partial charge in [-0.15, -0.1) is 0 Å². The lowest BCUT2D eigenvalue weighted by Crippen LogP contribution is -2.13. The van der Waals surface area contributed by atoms with Crippen LogP contribution in [-0.4, -0.2) is 26.6 Å². The van der Waals surface area contributed by atoms with E-state index in [9.17, 15) is 4.79 Å². The van der Waals surface area contributed by atoms with Crippen LogP contribution < -0.4 is 5.32 Å². The Kier molecular flexibility index (Phi) is 4.39. The lowest BCUT2D eigenvalue weighted by atomic mass is 10.2. The summed E-state index contributed by atoms with van der Waals surface area (Å²) >= 11 is 1.84. The number of benzene rings is 1. The van der Waals surface area contributed by atoms with Crippen molar-refractivity contribution in [2.24, 2.45) is 0 Å². The van der Waals surface area contributed by atoms with Crippen molar-refractivity contribution in [2.75, 3.05) is 11.1 Å². The summed E-state index contributed by atoms with van der Waals surface area (Å²) in [5, 5.41) is 2.84. The van der Waals surface area contributed by atoms with Gasteiger partial charge in [0.25, 0.3) is 5.91 Å². The van der Waals surface area contributed by atoms with Crippen LogP contribution in [0, 0.1) is 0 Å². The fraction of sp³-hybridized carbons (Fsp3) is 0.188. The minimum atomic E-state index is -0.177. The van der Waals surface area contributed by atoms with E-state index < -0.39 is 0 Å². The average molecular weight is 312 g/mol. The first-order valence-corrected chi connectivity index (χ1v) is 8.19. The third-order valence-electron chi connectivity index (χ3n) is 3.22. The van der Waals surface area contributed by atoms with Gasteiger partial charge in [-0.25, -0.2) is 9.97 Å². The van der Waals surface area contributed by atoms with Crippen molar-refractivity contribution in [1.82, 2.24) is 15.0 Å². The summed E-state index contributed by atoms with van der Waals surface area (Å²) in [5.41, 5.74) is 3.41. The smallest absolute Gasteiger partial charge is 0.256 e. The number of rotatable bonds is 5. The molecular weight excluding hydrogens is 296 g/mol. The fourth-order valence-corrected chi connectivity index (χ4v) is 2.74. The zero-order chi connectivity index (χ0) is 15.4. The second kappa shape index (κ2) is 6.62. The molecule has 0 aliphatic carbocycles. The Morgan fingerprint density at radius 3 is 3.05 bits per heavy atom. The van der Waals surface area contributed by atoms with Gasteiger partial charge in [0, 0.05) is 17.5 Å². The predicted octanol–water partition coefficient (Wildman–Crippen LogP) is 3.46. The van der Waals surface area contributed by atoms with E-state index in [1.165, 1.54) is 0 Å². The molecule has 3 rings (SSSR count). The van der Waals surface area contributed by atoms with Gasteiger partial charge in [0.05, 0.1) is 17.4 Å². The van der Waals surface area contributed by atoms with Crippen molar-refractivity contribution < 1.29 is 4.79 Å². The van der Waals surface area contributed by atoms with Crippen molar-refractivity contribution >= 4 is 34.5 Å². The quantitative estimate of drug-likeness (QED) is 0.757. The number of amides is 1. The second-order valence-electron chi connectivity index (χ2n) is 4.78. The number of thioether (sulfide) groups is 1. The number of hydrogen-bond donors (Lipinski definition) is 2. The van der Waals surface area contributed by atoms with E-state index >= 15 is 0 Å². The molecule has 2 N–H and O–H groups in total. The minimum absolute atomic E-state index is 0.177. The van der Waals surface area contributed by atoms with E-state index in [0.29, 0.717) is 11.4 Å². The van der Waals surface area contributed by atoms with Crippen LogP contribution in [-0.2, 0) is 5.75 Å². The molecule has 2 aromatic heterocycles. The second-order valence-corrected chi connectivity index (χ2v) is 6.05. The Balaban J connectivity index is 1.75. The maximum absolute atomic E-state index is 12.3. The Morgan fingerprint density at radius 1 is 1.27 bits per heavy atom. The summed E-state index contributed by atoms with van der Waals surface area (Å²) in [6, 6.07) is 9.25. The number of imidazole rings is 1. The molecule has 3 aromatic rings. The summed E-state index contributed by atoms with van der Waals surface area (Å²) in [5.74, 6) is 2.38. The summed E-state index contributed by atoms with van der Waals surface area (Å²) in [6.07, 6.45) is 3.34. The summed E-state index contributed by atoms with van der Waals surface area (Å²) < 4.78 is 0. The molecule has 6 heteroatoms. The largest absolute Gasteiger partial charge is 0.345 e. The highest BCUT2D eigenvalue weighted by Gasteiger charge is 2.09. The number of fused-ring (bicyclic) bond motifs is 1. The zero-order valence-electron chi connectivity index (χ0n) is 12.2. The number of pyridine rings is 1. The van der Waals surface area contributed by atoms with Crippen molar-refractivity contribution in [3.63, 3.8) is 0 Å². The van der Waals surface area contributed by atoms with Crippen LogP contribution in [0.1, 0.15) is 22.8 Å². The highest BCUT2D eigenvalue weighted by molar-refractivity contribution is 7.98. The third kappa shape index (κ3) is 3.28. The van der Waals surface area contributed by atoms with E-state index in [4.69, 9.17) is 0 Å². The van der Waals surface area contributed by atoms with Gasteiger partial charge in [-0.1, -0.05) is 6.92 Å². The molecule has 0 aliphatic rings. The summed E-state index contributed by atoms with van der Waals surface area (Å²) in [4.78, 5) is 23.7. The van der Waals surface area contributed by atoms with Gasteiger partial charge in [-0.3, -0.25) is 4.79 Å². The van der Waals surface area contributed by atoms with Gasteiger partial charge in [0.2, 0.25) is 0 Å². The van der Waals surface area contributed by atoms with E-state index in [0.717, 1.165) is 28.1 Å². The molecule has 0 saturated heterocycles. The minimum Gasteiger partial charge on any atom is -0.345 e. The molecule has 0 fully saturated rings. The molecule has 0 aliphatic heterocycles. The van der Waals surface area contributed by atoms with Gasteiger partial charge in [-0.05, 0) is 41.6 Å². The summed E-state index contributed by atoms with van der Waals surface area (Å²) in [7, 11) is 0. The van der Waals surface area contributed by atoms with E-state index in [1.807, 2.05) is 30.0 Å². The zero-order valence-corrected chi connectivity index (χ0v) is 13.0. The molecule has 0 unspecified atom stereocenters. The van der Waals surface area contributed by atoms with Crippen molar-refractivity contribution in [1.29, 1.82) is 0 Å². The van der Waals surface area contributed by atoms with Crippen LogP contribution in [0.3, 0.4) is 0 Å². The number of nitrogens with one attached hydrogen (secondary N) is 2. The highest BCUT2D eigenvalue weighted by Crippen LogP contribution is 2.16. The number of hydrogen-bond acceptors (Lipinski definition) is 4. The number of carbonyl (C=O) groups is 1. The summed E-state index contributed by atoms with van der Waals surface area (Å²) in [6.45, 7) is 2.13. The van der Waals surface area contributed by atoms with Gasteiger partial charge in [-0.2, -0.15) is 11.8 Å². The van der Waals surface area contributed by atoms with Crippen LogP contribution >= 0.6 is 11.8 Å². The molecule has 1 aromatic carbocycles. The van der Waals surface area contributed by atoms with E-state index in [2.05, 4.69) is 27.2 Å². The molecular formula is C16H16N4OS.